The van der Waals surface area contributed by atoms with Crippen LogP contribution in [0.3, 0.4) is 0 Å². The van der Waals surface area contributed by atoms with Gasteiger partial charge in [0.25, 0.3) is 0 Å². The van der Waals surface area contributed by atoms with Crippen molar-refractivity contribution < 1.29 is 13.9 Å². The van der Waals surface area contributed by atoms with Gasteiger partial charge in [-0.15, -0.1) is 11.3 Å². The number of hydrogen-bond donors (Lipinski definition) is 1. The minimum Gasteiger partial charge on any atom is -0.423 e. The molecule has 0 amide bonds. The first-order valence-electron chi connectivity index (χ1n) is 9.16. The van der Waals surface area contributed by atoms with E-state index in [1.807, 2.05) is 29.6 Å². The Balaban J connectivity index is 1.39. The highest BCUT2D eigenvalue weighted by molar-refractivity contribution is 7.14. The zero-order chi connectivity index (χ0) is 21.6. The van der Waals surface area contributed by atoms with Crippen LogP contribution in [0.25, 0.3) is 11.3 Å². The normalized spacial score (nSPS) is 10.9. The molecular weight excluding hydrogens is 437 g/mol. The lowest BCUT2D eigenvalue weighted by molar-refractivity contribution is 0.0730. The highest BCUT2D eigenvalue weighted by atomic mass is 35.5. The molecule has 0 saturated heterocycles. The molecule has 0 radical (unpaired) electrons. The molecule has 0 saturated carbocycles. The van der Waals surface area contributed by atoms with Crippen molar-refractivity contribution in [3.05, 3.63) is 100 Å². The summed E-state index contributed by atoms with van der Waals surface area (Å²) in [5.74, 6) is -1.10. The van der Waals surface area contributed by atoms with E-state index in [4.69, 9.17) is 16.3 Å². The van der Waals surface area contributed by atoms with Crippen molar-refractivity contribution in [1.29, 1.82) is 0 Å². The number of carbonyl (C=O) groups is 1. The largest absolute Gasteiger partial charge is 0.423 e. The summed E-state index contributed by atoms with van der Waals surface area (Å²) in [4.78, 5) is 16.6. The SMILES string of the molecule is O=C(Oc1cccc(/C=N\Nc2nc(-c3ccc(Cl)cc3)cs2)c1)c1ccccc1F. The Kier molecular flexibility index (Phi) is 6.35. The molecular formula is C23H15ClFN3O2S. The number of esters is 1. The summed E-state index contributed by atoms with van der Waals surface area (Å²) in [6.07, 6.45) is 1.57. The average molecular weight is 452 g/mol. The number of nitrogens with one attached hydrogen (secondary N) is 1. The summed E-state index contributed by atoms with van der Waals surface area (Å²) in [7, 11) is 0. The molecule has 0 spiro atoms. The van der Waals surface area contributed by atoms with Gasteiger partial charge < -0.3 is 4.74 Å². The number of carbonyl (C=O) groups excluding carboxylic acids is 1. The Morgan fingerprint density at radius 3 is 2.71 bits per heavy atom. The molecule has 0 atom stereocenters. The Labute approximate surface area is 186 Å². The van der Waals surface area contributed by atoms with Crippen LogP contribution in [0.5, 0.6) is 5.75 Å². The zero-order valence-corrected chi connectivity index (χ0v) is 17.5. The van der Waals surface area contributed by atoms with Crippen molar-refractivity contribution in [1.82, 2.24) is 4.98 Å². The van der Waals surface area contributed by atoms with Crippen molar-refractivity contribution in [3.8, 4) is 17.0 Å². The van der Waals surface area contributed by atoms with E-state index in [0.29, 0.717) is 15.7 Å². The summed E-state index contributed by atoms with van der Waals surface area (Å²) < 4.78 is 19.0. The van der Waals surface area contributed by atoms with Crippen molar-refractivity contribution in [3.63, 3.8) is 0 Å². The fourth-order valence-corrected chi connectivity index (χ4v) is 3.48. The maximum atomic E-state index is 13.7. The van der Waals surface area contributed by atoms with Gasteiger partial charge in [-0.25, -0.2) is 14.2 Å². The summed E-state index contributed by atoms with van der Waals surface area (Å²) in [5, 5.41) is 7.40. The number of aromatic nitrogens is 1. The standard InChI is InChI=1S/C23H15ClFN3O2S/c24-17-10-8-16(9-11-17)21-14-31-23(27-21)28-26-13-15-4-3-5-18(12-15)30-22(29)19-6-1-2-7-20(19)25/h1-14H,(H,27,28)/b26-13-. The molecule has 0 aliphatic rings. The molecule has 5 nitrogen and oxygen atoms in total. The van der Waals surface area contributed by atoms with Crippen LogP contribution in [0.4, 0.5) is 9.52 Å². The summed E-state index contributed by atoms with van der Waals surface area (Å²) in [6.45, 7) is 0. The minimum absolute atomic E-state index is 0.122. The fraction of sp³-hybridized carbons (Fsp3) is 0. The van der Waals surface area contributed by atoms with Gasteiger partial charge in [0.15, 0.2) is 0 Å². The Morgan fingerprint density at radius 2 is 1.90 bits per heavy atom. The van der Waals surface area contributed by atoms with Crippen LogP contribution in [-0.2, 0) is 0 Å². The van der Waals surface area contributed by atoms with Gasteiger partial charge in [0.05, 0.1) is 17.5 Å². The number of hydrogen-bond acceptors (Lipinski definition) is 6. The molecule has 4 rings (SSSR count). The van der Waals surface area contributed by atoms with Gasteiger partial charge in [0.2, 0.25) is 5.13 Å². The smallest absolute Gasteiger partial charge is 0.346 e. The highest BCUT2D eigenvalue weighted by Crippen LogP contribution is 2.26. The molecule has 0 aliphatic heterocycles. The number of ether oxygens (including phenoxy) is 1. The maximum absolute atomic E-state index is 13.7. The highest BCUT2D eigenvalue weighted by Gasteiger charge is 2.13. The van der Waals surface area contributed by atoms with Gasteiger partial charge >= 0.3 is 5.97 Å². The van der Waals surface area contributed by atoms with Crippen LogP contribution in [-0.4, -0.2) is 17.2 Å². The van der Waals surface area contributed by atoms with E-state index in [9.17, 15) is 9.18 Å². The number of anilines is 1. The van der Waals surface area contributed by atoms with Crippen LogP contribution in [0.2, 0.25) is 5.02 Å². The van der Waals surface area contributed by atoms with Gasteiger partial charge in [-0.3, -0.25) is 5.43 Å². The fourth-order valence-electron chi connectivity index (χ4n) is 2.69. The number of thiazole rings is 1. The van der Waals surface area contributed by atoms with Crippen molar-refractivity contribution in [2.24, 2.45) is 5.10 Å². The van der Waals surface area contributed by atoms with Crippen molar-refractivity contribution in [2.45, 2.75) is 0 Å². The lowest BCUT2D eigenvalue weighted by Gasteiger charge is -2.05. The van der Waals surface area contributed by atoms with Crippen molar-refractivity contribution >= 4 is 40.3 Å². The molecule has 1 heterocycles. The second kappa shape index (κ2) is 9.51. The Bertz CT molecular complexity index is 1240. The van der Waals surface area contributed by atoms with Gasteiger partial charge in [-0.1, -0.05) is 48.0 Å². The molecule has 3 aromatic carbocycles. The van der Waals surface area contributed by atoms with Gasteiger partial charge in [0, 0.05) is 16.0 Å². The topological polar surface area (TPSA) is 63.6 Å². The van der Waals surface area contributed by atoms with E-state index < -0.39 is 11.8 Å². The lowest BCUT2D eigenvalue weighted by Crippen LogP contribution is -2.10. The van der Waals surface area contributed by atoms with Crippen LogP contribution in [0, 0.1) is 5.82 Å². The van der Waals surface area contributed by atoms with Crippen LogP contribution in [0.15, 0.2) is 83.3 Å². The molecule has 154 valence electrons. The summed E-state index contributed by atoms with van der Waals surface area (Å²) in [6, 6.07) is 19.9. The minimum atomic E-state index is -0.761. The second-order valence-electron chi connectivity index (χ2n) is 6.36. The molecule has 0 bridgehead atoms. The summed E-state index contributed by atoms with van der Waals surface area (Å²) in [5.41, 5.74) is 5.24. The number of hydrazone groups is 1. The molecule has 4 aromatic rings. The molecule has 31 heavy (non-hydrogen) atoms. The average Bonchev–Trinajstić information content (AvgIpc) is 3.24. The maximum Gasteiger partial charge on any atom is 0.346 e. The number of nitrogens with zero attached hydrogens (tertiary/aromatic N) is 2. The number of benzene rings is 3. The van der Waals surface area contributed by atoms with Crippen LogP contribution >= 0.6 is 22.9 Å². The van der Waals surface area contributed by atoms with E-state index in [-0.39, 0.29) is 11.3 Å². The van der Waals surface area contributed by atoms with Gasteiger partial charge in [-0.05, 0) is 42.0 Å². The monoisotopic (exact) mass is 451 g/mol. The molecule has 0 fully saturated rings. The second-order valence-corrected chi connectivity index (χ2v) is 7.65. The van der Waals surface area contributed by atoms with Crippen molar-refractivity contribution in [2.75, 3.05) is 5.43 Å². The zero-order valence-electron chi connectivity index (χ0n) is 16.0. The first kappa shape index (κ1) is 20.7. The third kappa shape index (κ3) is 5.33. The van der Waals surface area contributed by atoms with Crippen LogP contribution in [0.1, 0.15) is 15.9 Å². The molecule has 1 aromatic heterocycles. The first-order valence-corrected chi connectivity index (χ1v) is 10.4. The third-order valence-corrected chi connectivity index (χ3v) is 5.18. The predicted octanol–water partition coefficient (Wildman–Crippen LogP) is 6.27. The van der Waals surface area contributed by atoms with E-state index in [1.165, 1.54) is 29.5 Å². The van der Waals surface area contributed by atoms with E-state index in [0.717, 1.165) is 11.3 Å². The molecule has 8 heteroatoms. The molecule has 0 aliphatic carbocycles. The predicted molar refractivity (Wildman–Crippen MR) is 122 cm³/mol. The molecule has 1 N–H and O–H groups in total. The third-order valence-electron chi connectivity index (χ3n) is 4.18. The molecule has 0 unspecified atom stereocenters. The van der Waals surface area contributed by atoms with E-state index in [2.05, 4.69) is 15.5 Å². The quantitative estimate of drug-likeness (QED) is 0.162. The van der Waals surface area contributed by atoms with Gasteiger partial charge in [0.1, 0.15) is 11.6 Å². The summed E-state index contributed by atoms with van der Waals surface area (Å²) >= 11 is 7.33. The number of rotatable bonds is 6. The van der Waals surface area contributed by atoms with E-state index >= 15 is 0 Å². The first-order chi connectivity index (χ1) is 15.1. The van der Waals surface area contributed by atoms with Gasteiger partial charge in [-0.2, -0.15) is 5.10 Å². The lowest BCUT2D eigenvalue weighted by atomic mass is 10.2. The Hall–Kier alpha value is -3.55. The van der Waals surface area contributed by atoms with Crippen LogP contribution < -0.4 is 10.2 Å². The Morgan fingerprint density at radius 1 is 1.10 bits per heavy atom. The number of halogens is 2. The van der Waals surface area contributed by atoms with E-state index in [1.54, 1.807) is 36.5 Å².